The van der Waals surface area contributed by atoms with Crippen LogP contribution in [0.15, 0.2) is 24.3 Å². The second kappa shape index (κ2) is 7.67. The number of halogens is 2. The molecule has 23 heavy (non-hydrogen) atoms. The molecule has 0 atom stereocenters. The first-order valence-corrected chi connectivity index (χ1v) is 8.70. The van der Waals surface area contributed by atoms with Gasteiger partial charge in [-0.25, -0.2) is 4.68 Å². The second-order valence-electron chi connectivity index (χ2n) is 5.89. The largest absolute Gasteiger partial charge is 0.374 e. The lowest BCUT2D eigenvalue weighted by molar-refractivity contribution is 0.0969. The highest BCUT2D eigenvalue weighted by atomic mass is 35.5. The molecule has 0 amide bonds. The summed E-state index contributed by atoms with van der Waals surface area (Å²) in [4.78, 5) is 2.44. The van der Waals surface area contributed by atoms with Gasteiger partial charge in [0.05, 0.1) is 34.6 Å². The van der Waals surface area contributed by atoms with Crippen molar-refractivity contribution in [2.24, 2.45) is 0 Å². The molecule has 0 bridgehead atoms. The van der Waals surface area contributed by atoms with E-state index in [0.717, 1.165) is 30.2 Å². The van der Waals surface area contributed by atoms with E-state index in [0.29, 0.717) is 16.7 Å². The minimum absolute atomic E-state index is 0.530. The molecule has 3 rings (SSSR count). The fourth-order valence-corrected chi connectivity index (χ4v) is 3.16. The number of likely N-dealkylation sites (tertiary alicyclic amines) is 1. The van der Waals surface area contributed by atoms with Crippen molar-refractivity contribution in [2.75, 3.05) is 26.2 Å². The third-order valence-corrected chi connectivity index (χ3v) is 4.83. The van der Waals surface area contributed by atoms with Gasteiger partial charge in [-0.05, 0) is 57.1 Å². The Kier molecular flexibility index (Phi) is 5.59. The highest BCUT2D eigenvalue weighted by molar-refractivity contribution is 6.42. The van der Waals surface area contributed by atoms with E-state index in [2.05, 4.69) is 10.00 Å². The molecule has 124 valence electrons. The van der Waals surface area contributed by atoms with Gasteiger partial charge in [0.2, 0.25) is 0 Å². The summed E-state index contributed by atoms with van der Waals surface area (Å²) in [5.41, 5.74) is 2.87. The van der Waals surface area contributed by atoms with Gasteiger partial charge in [0.15, 0.2) is 0 Å². The summed E-state index contributed by atoms with van der Waals surface area (Å²) in [6.07, 6.45) is 2.63. The first-order valence-electron chi connectivity index (χ1n) is 7.94. The number of ether oxygens (including phenoxy) is 1. The van der Waals surface area contributed by atoms with E-state index in [9.17, 15) is 0 Å². The topological polar surface area (TPSA) is 30.3 Å². The van der Waals surface area contributed by atoms with Crippen LogP contribution in [0.1, 0.15) is 24.2 Å². The highest BCUT2D eigenvalue weighted by Crippen LogP contribution is 2.25. The number of benzene rings is 1. The van der Waals surface area contributed by atoms with Crippen molar-refractivity contribution in [3.63, 3.8) is 0 Å². The molecule has 0 radical (unpaired) electrons. The van der Waals surface area contributed by atoms with Gasteiger partial charge in [0, 0.05) is 12.2 Å². The maximum atomic E-state index is 6.09. The normalized spacial score (nSPS) is 15.4. The van der Waals surface area contributed by atoms with Gasteiger partial charge in [-0.2, -0.15) is 5.10 Å². The van der Waals surface area contributed by atoms with Crippen LogP contribution in [-0.2, 0) is 11.3 Å². The number of aromatic nitrogens is 2. The standard InChI is InChI=1S/C17H21Cl2N3O/c1-13-10-14(12-23-9-8-21-6-2-3-7-21)20-22(13)15-4-5-16(18)17(19)11-15/h4-5,10-11H,2-3,6-9,12H2,1H3. The molecule has 1 aromatic carbocycles. The monoisotopic (exact) mass is 353 g/mol. The first kappa shape index (κ1) is 16.8. The Morgan fingerprint density at radius 1 is 1.13 bits per heavy atom. The lowest BCUT2D eigenvalue weighted by atomic mass is 10.3. The van der Waals surface area contributed by atoms with E-state index >= 15 is 0 Å². The van der Waals surface area contributed by atoms with Crippen LogP contribution < -0.4 is 0 Å². The number of rotatable bonds is 6. The molecular formula is C17H21Cl2N3O. The third-order valence-electron chi connectivity index (χ3n) is 4.09. The van der Waals surface area contributed by atoms with Crippen LogP contribution in [0.4, 0.5) is 0 Å². The van der Waals surface area contributed by atoms with E-state index in [1.54, 1.807) is 6.07 Å². The minimum Gasteiger partial charge on any atom is -0.374 e. The van der Waals surface area contributed by atoms with Crippen molar-refractivity contribution < 1.29 is 4.74 Å². The van der Waals surface area contributed by atoms with Crippen LogP contribution in [-0.4, -0.2) is 40.9 Å². The zero-order chi connectivity index (χ0) is 16.2. The van der Waals surface area contributed by atoms with Crippen molar-refractivity contribution in [1.29, 1.82) is 0 Å². The molecule has 0 aliphatic carbocycles. The molecule has 0 saturated carbocycles. The van der Waals surface area contributed by atoms with Crippen LogP contribution in [0, 0.1) is 6.92 Å². The molecule has 1 aromatic heterocycles. The van der Waals surface area contributed by atoms with Gasteiger partial charge >= 0.3 is 0 Å². The number of nitrogens with zero attached hydrogens (tertiary/aromatic N) is 3. The van der Waals surface area contributed by atoms with Crippen molar-refractivity contribution in [3.8, 4) is 5.69 Å². The fourth-order valence-electron chi connectivity index (χ4n) is 2.86. The summed E-state index contributed by atoms with van der Waals surface area (Å²) >= 11 is 12.1. The molecular weight excluding hydrogens is 333 g/mol. The SMILES string of the molecule is Cc1cc(COCCN2CCCC2)nn1-c1ccc(Cl)c(Cl)c1. The molecule has 1 fully saturated rings. The Balaban J connectivity index is 1.58. The van der Waals surface area contributed by atoms with Crippen LogP contribution in [0.5, 0.6) is 0 Å². The molecule has 0 unspecified atom stereocenters. The molecule has 0 spiro atoms. The third kappa shape index (κ3) is 4.27. The maximum Gasteiger partial charge on any atom is 0.0907 e. The van der Waals surface area contributed by atoms with E-state index in [4.69, 9.17) is 27.9 Å². The maximum absolute atomic E-state index is 6.09. The summed E-state index contributed by atoms with van der Waals surface area (Å²) in [5, 5.41) is 5.67. The summed E-state index contributed by atoms with van der Waals surface area (Å²) in [5.74, 6) is 0. The Morgan fingerprint density at radius 3 is 2.65 bits per heavy atom. The van der Waals surface area contributed by atoms with E-state index in [1.165, 1.54) is 25.9 Å². The molecule has 4 nitrogen and oxygen atoms in total. The quantitative estimate of drug-likeness (QED) is 0.732. The minimum atomic E-state index is 0.530. The fraction of sp³-hybridized carbons (Fsp3) is 0.471. The zero-order valence-electron chi connectivity index (χ0n) is 13.3. The molecule has 1 aliphatic heterocycles. The Bertz CT molecular complexity index is 666. The van der Waals surface area contributed by atoms with Gasteiger partial charge in [-0.15, -0.1) is 0 Å². The molecule has 0 N–H and O–H groups in total. The summed E-state index contributed by atoms with van der Waals surface area (Å²) < 4.78 is 7.63. The second-order valence-corrected chi connectivity index (χ2v) is 6.70. The van der Waals surface area contributed by atoms with Crippen molar-refractivity contribution in [2.45, 2.75) is 26.4 Å². The summed E-state index contributed by atoms with van der Waals surface area (Å²) in [6.45, 7) is 6.71. The van der Waals surface area contributed by atoms with E-state index in [-0.39, 0.29) is 0 Å². The number of hydrogen-bond acceptors (Lipinski definition) is 3. The average molecular weight is 354 g/mol. The first-order chi connectivity index (χ1) is 11.1. The van der Waals surface area contributed by atoms with Gasteiger partial charge in [0.1, 0.15) is 0 Å². The Morgan fingerprint density at radius 2 is 1.91 bits per heavy atom. The smallest absolute Gasteiger partial charge is 0.0907 e. The van der Waals surface area contributed by atoms with Crippen molar-refractivity contribution >= 4 is 23.2 Å². The van der Waals surface area contributed by atoms with Crippen LogP contribution >= 0.6 is 23.2 Å². The van der Waals surface area contributed by atoms with Crippen molar-refractivity contribution in [3.05, 3.63) is 45.7 Å². The zero-order valence-corrected chi connectivity index (χ0v) is 14.8. The van der Waals surface area contributed by atoms with Gasteiger partial charge in [-0.3, -0.25) is 0 Å². The van der Waals surface area contributed by atoms with E-state index in [1.807, 2.05) is 29.8 Å². The van der Waals surface area contributed by atoms with Crippen LogP contribution in [0.25, 0.3) is 5.69 Å². The van der Waals surface area contributed by atoms with Crippen LogP contribution in [0.2, 0.25) is 10.0 Å². The van der Waals surface area contributed by atoms with Crippen LogP contribution in [0.3, 0.4) is 0 Å². The molecule has 2 heterocycles. The predicted molar refractivity (Wildman–Crippen MR) is 93.7 cm³/mol. The lowest BCUT2D eigenvalue weighted by Gasteiger charge is -2.13. The molecule has 1 aliphatic rings. The molecule has 2 aromatic rings. The van der Waals surface area contributed by atoms with Gasteiger partial charge in [0.25, 0.3) is 0 Å². The Hall–Kier alpha value is -1.07. The summed E-state index contributed by atoms with van der Waals surface area (Å²) in [7, 11) is 0. The van der Waals surface area contributed by atoms with Gasteiger partial charge in [-0.1, -0.05) is 23.2 Å². The number of hydrogen-bond donors (Lipinski definition) is 0. The molecule has 6 heteroatoms. The van der Waals surface area contributed by atoms with E-state index < -0.39 is 0 Å². The van der Waals surface area contributed by atoms with Gasteiger partial charge < -0.3 is 9.64 Å². The summed E-state index contributed by atoms with van der Waals surface area (Å²) in [6, 6.07) is 7.55. The lowest BCUT2D eigenvalue weighted by Crippen LogP contribution is -2.23. The molecule has 1 saturated heterocycles. The highest BCUT2D eigenvalue weighted by Gasteiger charge is 2.11. The predicted octanol–water partition coefficient (Wildman–Crippen LogP) is 4.10. The van der Waals surface area contributed by atoms with Crippen molar-refractivity contribution in [1.82, 2.24) is 14.7 Å². The number of aryl methyl sites for hydroxylation is 1. The average Bonchev–Trinajstić information content (AvgIpc) is 3.16. The Labute approximate surface area is 146 Å².